The van der Waals surface area contributed by atoms with Gasteiger partial charge in [-0.25, -0.2) is 9.37 Å². The summed E-state index contributed by atoms with van der Waals surface area (Å²) < 4.78 is 12.9. The van der Waals surface area contributed by atoms with Gasteiger partial charge >= 0.3 is 0 Å². The van der Waals surface area contributed by atoms with Gasteiger partial charge in [-0.1, -0.05) is 48.6 Å². The van der Waals surface area contributed by atoms with Crippen molar-refractivity contribution < 1.29 is 4.39 Å². The summed E-state index contributed by atoms with van der Waals surface area (Å²) in [7, 11) is 0. The predicted octanol–water partition coefficient (Wildman–Crippen LogP) is 8.15. The topological polar surface area (TPSA) is 37.3 Å². The zero-order chi connectivity index (χ0) is 23.4. The molecule has 6 heteroatoms. The van der Waals surface area contributed by atoms with Crippen LogP contribution in [0, 0.1) is 0 Å². The van der Waals surface area contributed by atoms with Gasteiger partial charge in [0.25, 0.3) is 0 Å². The smallest absolute Gasteiger partial charge is 0.183 e. The summed E-state index contributed by atoms with van der Waals surface area (Å²) in [4.78, 5) is 10.4. The fraction of sp³-hybridized carbons (Fsp3) is 0.440. The van der Waals surface area contributed by atoms with E-state index in [2.05, 4.69) is 43.2 Å². The lowest BCUT2D eigenvalue weighted by atomic mass is 9.96. The van der Waals surface area contributed by atoms with Crippen molar-refractivity contribution in [2.45, 2.75) is 66.3 Å². The van der Waals surface area contributed by atoms with Crippen molar-refractivity contribution in [1.29, 1.82) is 0 Å². The molecule has 31 heavy (non-hydrogen) atoms. The molecule has 1 rings (SSSR count). The predicted molar refractivity (Wildman–Crippen MR) is 138 cm³/mol. The summed E-state index contributed by atoms with van der Waals surface area (Å²) in [5.41, 5.74) is 4.63. The lowest BCUT2D eigenvalue weighted by molar-refractivity contribution is 0.561. The van der Waals surface area contributed by atoms with E-state index in [1.54, 1.807) is 17.4 Å². The van der Waals surface area contributed by atoms with Crippen molar-refractivity contribution in [2.24, 2.45) is 4.99 Å². The second-order valence-electron chi connectivity index (χ2n) is 7.32. The zero-order valence-electron chi connectivity index (χ0n) is 19.7. The minimum absolute atomic E-state index is 0.206. The molecule has 1 heterocycles. The molecule has 0 aliphatic rings. The fourth-order valence-corrected chi connectivity index (χ4v) is 3.99. The first-order valence-corrected chi connectivity index (χ1v) is 11.9. The van der Waals surface area contributed by atoms with Crippen molar-refractivity contribution in [2.75, 3.05) is 12.0 Å². The van der Waals surface area contributed by atoms with E-state index in [-0.39, 0.29) is 5.38 Å². The van der Waals surface area contributed by atoms with Crippen LogP contribution in [0.1, 0.15) is 59.8 Å². The van der Waals surface area contributed by atoms with Gasteiger partial charge in [-0.15, -0.1) is 11.6 Å². The molecule has 3 nitrogen and oxygen atoms in total. The molecule has 0 fully saturated rings. The second-order valence-corrected chi connectivity index (χ2v) is 9.04. The number of thiazole rings is 1. The Morgan fingerprint density at radius 2 is 2.00 bits per heavy atom. The van der Waals surface area contributed by atoms with Crippen LogP contribution in [0.5, 0.6) is 0 Å². The Kier molecular flexibility index (Phi) is 12.4. The van der Waals surface area contributed by atoms with Crippen LogP contribution in [0.4, 0.5) is 9.52 Å². The van der Waals surface area contributed by atoms with Crippen LogP contribution in [-0.2, 0) is 0 Å². The molecule has 170 valence electrons. The highest BCUT2D eigenvalue weighted by atomic mass is 35.5. The van der Waals surface area contributed by atoms with Crippen molar-refractivity contribution in [3.05, 3.63) is 64.4 Å². The van der Waals surface area contributed by atoms with Crippen molar-refractivity contribution in [3.8, 4) is 0 Å². The number of hydrogen-bond acceptors (Lipinski definition) is 4. The van der Waals surface area contributed by atoms with Crippen molar-refractivity contribution in [1.82, 2.24) is 4.98 Å². The molecule has 1 unspecified atom stereocenters. The van der Waals surface area contributed by atoms with Crippen LogP contribution in [0.2, 0.25) is 0 Å². The first-order chi connectivity index (χ1) is 14.7. The third kappa shape index (κ3) is 9.36. The van der Waals surface area contributed by atoms with Gasteiger partial charge in [-0.05, 0) is 65.2 Å². The maximum atomic E-state index is 12.9. The fourth-order valence-electron chi connectivity index (χ4n) is 2.85. The van der Waals surface area contributed by atoms with Gasteiger partial charge in [0.05, 0.1) is 4.88 Å². The van der Waals surface area contributed by atoms with Crippen LogP contribution < -0.4 is 5.32 Å². The lowest BCUT2D eigenvalue weighted by Gasteiger charge is -2.13. The Labute approximate surface area is 196 Å². The van der Waals surface area contributed by atoms with E-state index in [0.29, 0.717) is 6.04 Å². The van der Waals surface area contributed by atoms with E-state index >= 15 is 0 Å². The Hall–Kier alpha value is -1.98. The number of nitrogens with one attached hydrogen (secondary N) is 1. The first-order valence-electron chi connectivity index (χ1n) is 10.7. The second kappa shape index (κ2) is 14.2. The molecule has 1 aromatic rings. The Bertz CT molecular complexity index is 886. The molecule has 0 bridgehead atoms. The monoisotopic (exact) mass is 463 g/mol. The molecule has 0 aromatic carbocycles. The van der Waals surface area contributed by atoms with E-state index in [4.69, 9.17) is 16.6 Å². The van der Waals surface area contributed by atoms with E-state index in [1.807, 2.05) is 46.0 Å². The Morgan fingerprint density at radius 1 is 1.29 bits per heavy atom. The van der Waals surface area contributed by atoms with Crippen LogP contribution in [-0.4, -0.2) is 28.8 Å². The van der Waals surface area contributed by atoms with Gasteiger partial charge in [0.1, 0.15) is 6.67 Å². The number of rotatable bonds is 11. The van der Waals surface area contributed by atoms with Crippen LogP contribution in [0.25, 0.3) is 5.57 Å². The molecule has 0 radical (unpaired) electrons. The maximum absolute atomic E-state index is 12.9. The minimum atomic E-state index is -0.540. The summed E-state index contributed by atoms with van der Waals surface area (Å²) in [5.74, 6) is 0. The van der Waals surface area contributed by atoms with Crippen LogP contribution >= 0.6 is 22.9 Å². The van der Waals surface area contributed by atoms with Crippen LogP contribution in [0.15, 0.2) is 64.5 Å². The number of aromatic nitrogens is 1. The average molecular weight is 464 g/mol. The third-order valence-corrected chi connectivity index (χ3v) is 5.42. The van der Waals surface area contributed by atoms with Gasteiger partial charge in [-0.3, -0.25) is 4.99 Å². The number of alkyl halides is 2. The van der Waals surface area contributed by atoms with Gasteiger partial charge in [0.2, 0.25) is 0 Å². The summed E-state index contributed by atoms with van der Waals surface area (Å²) in [5, 5.41) is 4.02. The summed E-state index contributed by atoms with van der Waals surface area (Å²) in [6.07, 6.45) is 14.0. The Morgan fingerprint density at radius 3 is 2.52 bits per heavy atom. The quantitative estimate of drug-likeness (QED) is 0.204. The Balaban J connectivity index is 3.60. The SMILES string of the molecule is C\C=C(CC)/N=C(C)/C(=C\C(=C/C)c1cnc(NC(C)C)s1)C(/C=C\CF)=C/C(C)Cl. The molecular weight excluding hydrogens is 429 g/mol. The summed E-state index contributed by atoms with van der Waals surface area (Å²) >= 11 is 7.89. The van der Waals surface area contributed by atoms with Crippen LogP contribution in [0.3, 0.4) is 0 Å². The van der Waals surface area contributed by atoms with Gasteiger partial charge in [-0.2, -0.15) is 0 Å². The van der Waals surface area contributed by atoms with Gasteiger partial charge in [0.15, 0.2) is 5.13 Å². The van der Waals surface area contributed by atoms with E-state index in [9.17, 15) is 4.39 Å². The summed E-state index contributed by atoms with van der Waals surface area (Å²) in [6.45, 7) is 13.6. The highest BCUT2D eigenvalue weighted by molar-refractivity contribution is 7.16. The first kappa shape index (κ1) is 27.1. The van der Waals surface area contributed by atoms with Gasteiger partial charge in [0, 0.05) is 34.6 Å². The molecular formula is C25H35ClFN3S. The third-order valence-electron chi connectivity index (χ3n) is 4.32. The number of allylic oxidation sites excluding steroid dienone is 10. The molecule has 0 amide bonds. The average Bonchev–Trinajstić information content (AvgIpc) is 3.17. The van der Waals surface area contributed by atoms with E-state index < -0.39 is 6.67 Å². The number of halogens is 2. The number of nitrogens with zero attached hydrogens (tertiary/aromatic N) is 2. The van der Waals surface area contributed by atoms with E-state index in [0.717, 1.165) is 44.6 Å². The molecule has 0 aliphatic carbocycles. The maximum Gasteiger partial charge on any atom is 0.183 e. The molecule has 0 saturated heterocycles. The molecule has 0 saturated carbocycles. The summed E-state index contributed by atoms with van der Waals surface area (Å²) in [6, 6.07) is 0.312. The largest absolute Gasteiger partial charge is 0.359 e. The highest BCUT2D eigenvalue weighted by Crippen LogP contribution is 2.30. The molecule has 0 spiro atoms. The van der Waals surface area contributed by atoms with Gasteiger partial charge < -0.3 is 5.32 Å². The lowest BCUT2D eigenvalue weighted by Crippen LogP contribution is -2.08. The molecule has 1 atom stereocenters. The number of aliphatic imine (C=N–C) groups is 1. The standard InChI is InChI=1S/C25H35ClFN3S/c1-8-20(24-16-28-25(31-24)29-17(4)5)15-23(19(7)30-22(9-2)10-3)21(12-11-13-27)14-18(6)26/h8-9,11-12,14-18H,10,13H2,1-7H3,(H,28,29)/b12-11-,20-8+,21-14+,22-9-,23-15+,30-19+. The molecule has 1 aromatic heterocycles. The van der Waals surface area contributed by atoms with E-state index in [1.165, 1.54) is 6.08 Å². The normalized spacial score (nSPS) is 15.9. The van der Waals surface area contributed by atoms with Crippen molar-refractivity contribution >= 4 is 39.4 Å². The molecule has 0 aliphatic heterocycles. The highest BCUT2D eigenvalue weighted by Gasteiger charge is 2.13. The minimum Gasteiger partial charge on any atom is -0.359 e. The number of anilines is 1. The van der Waals surface area contributed by atoms with Crippen molar-refractivity contribution in [3.63, 3.8) is 0 Å². The zero-order valence-corrected chi connectivity index (χ0v) is 21.2. The number of hydrogen-bond donors (Lipinski definition) is 1. The molecule has 1 N–H and O–H groups in total.